The molecule has 4 N–H and O–H groups in total. The number of hydrogen-bond acceptors (Lipinski definition) is 7. The first-order chi connectivity index (χ1) is 3.71. The van der Waals surface area contributed by atoms with Crippen LogP contribution in [0.4, 0.5) is 0 Å². The van der Waals surface area contributed by atoms with Gasteiger partial charge in [0.15, 0.2) is 0 Å². The molecular formula is H4Cr2K2O9. The van der Waals surface area contributed by atoms with Crippen LogP contribution in [0.1, 0.15) is 0 Å². The molecule has 0 saturated carbocycles. The van der Waals surface area contributed by atoms with E-state index in [1.807, 2.05) is 0 Å². The van der Waals surface area contributed by atoms with Crippen LogP contribution in [0.25, 0.3) is 0 Å². The van der Waals surface area contributed by atoms with Gasteiger partial charge in [-0.1, -0.05) is 0 Å². The summed E-state index contributed by atoms with van der Waals surface area (Å²) in [5.74, 6) is 0. The molecule has 0 amide bonds. The van der Waals surface area contributed by atoms with Gasteiger partial charge in [0.2, 0.25) is 0 Å². The third-order valence-corrected chi connectivity index (χ3v) is 2.83. The molecule has 0 aliphatic carbocycles. The predicted molar refractivity (Wildman–Crippen MR) is 11.1 cm³/mol. The molecule has 0 aromatic rings. The molecule has 72 valence electrons. The summed E-state index contributed by atoms with van der Waals surface area (Å²) in [5.41, 5.74) is 0. The van der Waals surface area contributed by atoms with Crippen LogP contribution in [0, 0.1) is 0 Å². The van der Waals surface area contributed by atoms with Gasteiger partial charge >= 0.3 is 156 Å². The molecule has 0 aliphatic heterocycles. The van der Waals surface area contributed by atoms with Crippen LogP contribution in [-0.2, 0) is 45.3 Å². The van der Waals surface area contributed by atoms with Crippen molar-refractivity contribution in [2.45, 2.75) is 0 Å². The Balaban J connectivity index is -0.0000000533. The van der Waals surface area contributed by atoms with E-state index in [9.17, 15) is 23.5 Å². The van der Waals surface area contributed by atoms with Gasteiger partial charge in [-0.25, -0.2) is 0 Å². The molecule has 0 bridgehead atoms. The summed E-state index contributed by atoms with van der Waals surface area (Å²) in [7, 11) is 0. The molecule has 0 saturated heterocycles. The van der Waals surface area contributed by atoms with Crippen molar-refractivity contribution in [3.63, 3.8) is 0 Å². The van der Waals surface area contributed by atoms with Crippen molar-refractivity contribution in [1.29, 1.82) is 0 Å². The van der Waals surface area contributed by atoms with Crippen LogP contribution in [0.15, 0.2) is 0 Å². The van der Waals surface area contributed by atoms with E-state index in [1.54, 1.807) is 0 Å². The van der Waals surface area contributed by atoms with Crippen molar-refractivity contribution in [3.05, 3.63) is 0 Å². The van der Waals surface area contributed by atoms with Gasteiger partial charge in [0, 0.05) is 0 Å². The van der Waals surface area contributed by atoms with Gasteiger partial charge in [-0.3, -0.25) is 0 Å². The van der Waals surface area contributed by atoms with E-state index in [1.165, 1.54) is 0 Å². The zero-order valence-corrected chi connectivity index (χ0v) is 15.5. The van der Waals surface area contributed by atoms with Crippen LogP contribution >= 0.6 is 0 Å². The van der Waals surface area contributed by atoms with E-state index in [4.69, 9.17) is 0 Å². The van der Waals surface area contributed by atoms with E-state index in [-0.39, 0.29) is 114 Å². The topological polar surface area (TPSA) is 187 Å². The van der Waals surface area contributed by atoms with E-state index in [0.717, 1.165) is 0 Å². The molecule has 0 aromatic heterocycles. The molecule has 0 fully saturated rings. The van der Waals surface area contributed by atoms with E-state index in [0.29, 0.717) is 0 Å². The second-order valence-electron chi connectivity index (χ2n) is 0.885. The first-order valence-electron chi connectivity index (χ1n) is 1.33. The summed E-state index contributed by atoms with van der Waals surface area (Å²) in [6, 6.07) is 0. The maximum absolute atomic E-state index is 9.38. The normalized spacial score (nSPS) is 9.38. The molecule has 13 heavy (non-hydrogen) atoms. The van der Waals surface area contributed by atoms with Crippen LogP contribution < -0.4 is 111 Å². The molecule has 13 heteroatoms. The van der Waals surface area contributed by atoms with E-state index < -0.39 is 27.2 Å². The number of hydrogen-bond donors (Lipinski definition) is 0. The number of rotatable bonds is 2. The Morgan fingerprint density at radius 2 is 0.923 bits per heavy atom. The van der Waals surface area contributed by atoms with Crippen molar-refractivity contribution in [1.82, 2.24) is 0 Å². The average Bonchev–Trinajstić information content (AvgIpc) is 1.14. The molecular weight excluding hydrogens is 326 g/mol. The van der Waals surface area contributed by atoms with Crippen molar-refractivity contribution in [2.24, 2.45) is 0 Å². The zero-order chi connectivity index (χ0) is 7.71. The third kappa shape index (κ3) is 31.3. The predicted octanol–water partition coefficient (Wildman–Crippen LogP) is -10.6. The Morgan fingerprint density at radius 1 is 0.769 bits per heavy atom. The maximum atomic E-state index is 9.38. The van der Waals surface area contributed by atoms with Crippen molar-refractivity contribution in [3.8, 4) is 0 Å². The fraction of sp³-hybridized carbons (Fsp3) is 0. The molecule has 0 aliphatic rings. The third-order valence-electron chi connectivity index (χ3n) is 0.167. The standard InChI is InChI=1S/2Cr.2K.2H2O.7O/h;;;;2*1H2;;;;;;;/q;;2*+1;;;;;;;;2*-1. The average molecular weight is 330 g/mol. The van der Waals surface area contributed by atoms with Gasteiger partial charge in [0.05, 0.1) is 0 Å². The van der Waals surface area contributed by atoms with Crippen LogP contribution in [0.5, 0.6) is 0 Å². The molecule has 0 unspecified atom stereocenters. The fourth-order valence-electron chi connectivity index (χ4n) is 0.102. The summed E-state index contributed by atoms with van der Waals surface area (Å²) in [6.45, 7) is 0. The molecule has 0 rings (SSSR count). The monoisotopic (exact) mass is 330 g/mol. The van der Waals surface area contributed by atoms with E-state index >= 15 is 0 Å². The summed E-state index contributed by atoms with van der Waals surface area (Å²) in [6.07, 6.45) is 0. The minimum absolute atomic E-state index is 0. The molecule has 9 nitrogen and oxygen atoms in total. The second-order valence-corrected chi connectivity index (χ2v) is 4.52. The van der Waals surface area contributed by atoms with Crippen LogP contribution in [0.3, 0.4) is 0 Å². The van der Waals surface area contributed by atoms with E-state index in [2.05, 4.69) is 2.84 Å². The molecule has 0 heterocycles. The van der Waals surface area contributed by atoms with Gasteiger partial charge in [-0.15, -0.1) is 0 Å². The quantitative estimate of drug-likeness (QED) is 0.449. The molecule has 0 atom stereocenters. The molecule has 0 spiro atoms. The van der Waals surface area contributed by atoms with Crippen molar-refractivity contribution in [2.75, 3.05) is 0 Å². The molecule has 0 radical (unpaired) electrons. The summed E-state index contributed by atoms with van der Waals surface area (Å²) >= 11 is -12.1. The van der Waals surface area contributed by atoms with Crippen molar-refractivity contribution >= 4 is 0 Å². The Hall–Kier alpha value is 3.34. The van der Waals surface area contributed by atoms with Crippen LogP contribution in [-0.4, -0.2) is 11.0 Å². The summed E-state index contributed by atoms with van der Waals surface area (Å²) in [4.78, 5) is 0. The zero-order valence-electron chi connectivity index (χ0n) is 6.67. The Morgan fingerprint density at radius 3 is 0.923 bits per heavy atom. The summed E-state index contributed by atoms with van der Waals surface area (Å²) in [5, 5.41) is 0. The Labute approximate surface area is 163 Å². The van der Waals surface area contributed by atoms with Gasteiger partial charge in [-0.2, -0.15) is 0 Å². The fourth-order valence-corrected chi connectivity index (χ4v) is 1.74. The Bertz CT molecular complexity index is 241. The van der Waals surface area contributed by atoms with Gasteiger partial charge in [0.1, 0.15) is 0 Å². The first-order valence-corrected chi connectivity index (χ1v) is 5.50. The second kappa shape index (κ2) is 11.8. The SMILES string of the molecule is O.O.[K+].[K+].[O]=[Cr](=[O])([O-])[O][Cr](=[O])(=[O])[O-]. The van der Waals surface area contributed by atoms with Gasteiger partial charge in [-0.05, 0) is 0 Å². The summed E-state index contributed by atoms with van der Waals surface area (Å²) < 4.78 is 58.9. The minimum atomic E-state index is -6.07. The molecule has 0 aromatic carbocycles. The van der Waals surface area contributed by atoms with Crippen LogP contribution in [0.2, 0.25) is 0 Å². The van der Waals surface area contributed by atoms with Crippen molar-refractivity contribution < 1.29 is 167 Å². The first kappa shape index (κ1) is 29.9. The Kier molecular flexibility index (Phi) is 27.2. The van der Waals surface area contributed by atoms with Gasteiger partial charge in [0.25, 0.3) is 0 Å². The van der Waals surface area contributed by atoms with Gasteiger partial charge < -0.3 is 11.0 Å².